The minimum atomic E-state index is -0.797. The molecular weight excluding hydrogens is 365 g/mol. The zero-order chi connectivity index (χ0) is 20.4. The van der Waals surface area contributed by atoms with Gasteiger partial charge in [0.05, 0.1) is 12.2 Å². The van der Waals surface area contributed by atoms with Crippen LogP contribution in [0.1, 0.15) is 67.3 Å². The first-order valence-electron chi connectivity index (χ1n) is 10.8. The van der Waals surface area contributed by atoms with Crippen molar-refractivity contribution in [1.29, 1.82) is 0 Å². The molecule has 154 valence electrons. The number of halogens is 1. The molecule has 1 aromatic heterocycles. The summed E-state index contributed by atoms with van der Waals surface area (Å²) >= 11 is 0. The van der Waals surface area contributed by atoms with Gasteiger partial charge in [0.1, 0.15) is 11.6 Å². The number of hydrogen-bond acceptors (Lipinski definition) is 3. The summed E-state index contributed by atoms with van der Waals surface area (Å²) in [6, 6.07) is 6.78. The lowest BCUT2D eigenvalue weighted by atomic mass is 9.77. The normalized spacial score (nSPS) is 20.9. The van der Waals surface area contributed by atoms with Gasteiger partial charge in [0, 0.05) is 23.9 Å². The van der Waals surface area contributed by atoms with Crippen LogP contribution in [0, 0.1) is 18.7 Å². The summed E-state index contributed by atoms with van der Waals surface area (Å²) in [7, 11) is 0. The molecule has 2 atom stereocenters. The van der Waals surface area contributed by atoms with Crippen molar-refractivity contribution in [3.05, 3.63) is 64.7 Å². The Balaban J connectivity index is 1.63. The van der Waals surface area contributed by atoms with Crippen LogP contribution in [0.5, 0.6) is 5.75 Å². The third kappa shape index (κ3) is 4.37. The minimum absolute atomic E-state index is 0.109. The first-order valence-corrected chi connectivity index (χ1v) is 10.8. The van der Waals surface area contributed by atoms with Gasteiger partial charge in [-0.2, -0.15) is 0 Å². The summed E-state index contributed by atoms with van der Waals surface area (Å²) < 4.78 is 19.6. The van der Waals surface area contributed by atoms with Gasteiger partial charge < -0.3 is 9.84 Å². The smallest absolute Gasteiger partial charge is 0.123 e. The van der Waals surface area contributed by atoms with Gasteiger partial charge >= 0.3 is 0 Å². The first kappa shape index (κ1) is 20.1. The molecule has 0 spiro atoms. The van der Waals surface area contributed by atoms with E-state index in [2.05, 4.69) is 24.1 Å². The SMILES string of the molecule is CC/C=C\c1c(CC(O)(CC2CCOc3ccc(F)cc32)C2CC2)ccnc1C. The zero-order valence-electron chi connectivity index (χ0n) is 17.3. The predicted molar refractivity (Wildman–Crippen MR) is 114 cm³/mol. The largest absolute Gasteiger partial charge is 0.493 e. The van der Waals surface area contributed by atoms with E-state index in [1.165, 1.54) is 6.07 Å². The maximum absolute atomic E-state index is 13.9. The van der Waals surface area contributed by atoms with Crippen molar-refractivity contribution in [1.82, 2.24) is 4.98 Å². The fraction of sp³-hybridized carbons (Fsp3) is 0.480. The minimum Gasteiger partial charge on any atom is -0.493 e. The summed E-state index contributed by atoms with van der Waals surface area (Å²) in [4.78, 5) is 4.45. The standard InChI is InChI=1S/C25H30FNO2/c1-3-4-5-22-17(2)27-12-10-18(22)15-25(28,20-6-7-20)16-19-11-13-29-24-9-8-21(26)14-23(19)24/h4-5,8-10,12,14,19-20,28H,3,6-7,11,13,15-16H2,1-2H3/b5-4-. The van der Waals surface area contributed by atoms with Crippen molar-refractivity contribution in [2.45, 2.75) is 63.9 Å². The number of rotatable bonds is 7. The number of nitrogens with zero attached hydrogens (tertiary/aromatic N) is 1. The summed E-state index contributed by atoms with van der Waals surface area (Å²) in [5, 5.41) is 11.8. The predicted octanol–water partition coefficient (Wildman–Crippen LogP) is 5.59. The van der Waals surface area contributed by atoms with Gasteiger partial charge in [0.2, 0.25) is 0 Å². The summed E-state index contributed by atoms with van der Waals surface area (Å²) in [5.74, 6) is 0.925. The molecule has 1 saturated carbocycles. The second kappa shape index (κ2) is 8.27. The molecule has 0 amide bonds. The highest BCUT2D eigenvalue weighted by Crippen LogP contribution is 2.49. The number of fused-ring (bicyclic) bond motifs is 1. The molecule has 2 heterocycles. The van der Waals surface area contributed by atoms with Crippen LogP contribution in [0.3, 0.4) is 0 Å². The molecule has 2 aromatic rings. The highest BCUT2D eigenvalue weighted by atomic mass is 19.1. The van der Waals surface area contributed by atoms with Crippen LogP contribution in [0.15, 0.2) is 36.5 Å². The van der Waals surface area contributed by atoms with Crippen LogP contribution >= 0.6 is 0 Å². The number of aryl methyl sites for hydroxylation is 1. The van der Waals surface area contributed by atoms with E-state index in [-0.39, 0.29) is 11.7 Å². The third-order valence-electron chi connectivity index (χ3n) is 6.37. The Hall–Kier alpha value is -2.20. The molecule has 4 rings (SSSR count). The highest BCUT2D eigenvalue weighted by Gasteiger charge is 2.46. The van der Waals surface area contributed by atoms with Gasteiger partial charge in [-0.3, -0.25) is 4.98 Å². The Labute approximate surface area is 172 Å². The number of pyridine rings is 1. The number of ether oxygens (including phenoxy) is 1. The molecule has 1 N–H and O–H groups in total. The molecule has 0 radical (unpaired) electrons. The Morgan fingerprint density at radius 3 is 2.86 bits per heavy atom. The number of aromatic nitrogens is 1. The average Bonchev–Trinajstić information content (AvgIpc) is 3.54. The van der Waals surface area contributed by atoms with Crippen LogP contribution in [-0.4, -0.2) is 22.3 Å². The summed E-state index contributed by atoms with van der Waals surface area (Å²) in [6.45, 7) is 4.75. The van der Waals surface area contributed by atoms with E-state index < -0.39 is 5.60 Å². The average molecular weight is 396 g/mol. The van der Waals surface area contributed by atoms with E-state index in [1.807, 2.05) is 19.2 Å². The molecule has 1 fully saturated rings. The van der Waals surface area contributed by atoms with Crippen LogP contribution < -0.4 is 4.74 Å². The van der Waals surface area contributed by atoms with Crippen molar-refractivity contribution >= 4 is 6.08 Å². The van der Waals surface area contributed by atoms with E-state index in [4.69, 9.17) is 4.74 Å². The Kier molecular flexibility index (Phi) is 5.73. The van der Waals surface area contributed by atoms with Crippen LogP contribution in [0.2, 0.25) is 0 Å². The van der Waals surface area contributed by atoms with Crippen LogP contribution in [0.4, 0.5) is 4.39 Å². The highest BCUT2D eigenvalue weighted by molar-refractivity contribution is 5.56. The first-order chi connectivity index (χ1) is 14.0. The summed E-state index contributed by atoms with van der Waals surface area (Å²) in [6.07, 6.45) is 11.2. The number of benzene rings is 1. The van der Waals surface area contributed by atoms with Crippen molar-refractivity contribution in [2.75, 3.05) is 6.61 Å². The van der Waals surface area contributed by atoms with Crippen molar-refractivity contribution in [2.24, 2.45) is 5.92 Å². The number of aliphatic hydroxyl groups is 1. The van der Waals surface area contributed by atoms with E-state index in [0.29, 0.717) is 25.4 Å². The number of allylic oxidation sites excluding steroid dienone is 1. The molecule has 2 aliphatic rings. The lowest BCUT2D eigenvalue weighted by Gasteiger charge is -2.35. The lowest BCUT2D eigenvalue weighted by Crippen LogP contribution is -2.37. The zero-order valence-corrected chi connectivity index (χ0v) is 17.3. The fourth-order valence-electron chi connectivity index (χ4n) is 4.66. The van der Waals surface area contributed by atoms with Crippen LogP contribution in [0.25, 0.3) is 6.08 Å². The molecule has 2 unspecified atom stereocenters. The molecular formula is C25H30FNO2. The maximum atomic E-state index is 13.9. The monoisotopic (exact) mass is 395 g/mol. The molecule has 1 aliphatic heterocycles. The van der Waals surface area contributed by atoms with Gasteiger partial charge in [-0.05, 0) is 86.3 Å². The van der Waals surface area contributed by atoms with E-state index in [1.54, 1.807) is 12.1 Å². The van der Waals surface area contributed by atoms with E-state index in [9.17, 15) is 9.50 Å². The Morgan fingerprint density at radius 1 is 1.28 bits per heavy atom. The second-order valence-corrected chi connectivity index (χ2v) is 8.55. The summed E-state index contributed by atoms with van der Waals surface area (Å²) in [5.41, 5.74) is 3.35. The quantitative estimate of drug-likeness (QED) is 0.664. The lowest BCUT2D eigenvalue weighted by molar-refractivity contribution is -0.000920. The molecule has 1 aromatic carbocycles. The fourth-order valence-corrected chi connectivity index (χ4v) is 4.66. The van der Waals surface area contributed by atoms with Gasteiger partial charge in [0.25, 0.3) is 0 Å². The van der Waals surface area contributed by atoms with Gasteiger partial charge in [-0.1, -0.05) is 19.1 Å². The second-order valence-electron chi connectivity index (χ2n) is 8.55. The molecule has 4 heteroatoms. The van der Waals surface area contributed by atoms with Gasteiger partial charge in [0.15, 0.2) is 0 Å². The topological polar surface area (TPSA) is 42.4 Å². The van der Waals surface area contributed by atoms with E-state index >= 15 is 0 Å². The number of hydrogen-bond donors (Lipinski definition) is 1. The third-order valence-corrected chi connectivity index (χ3v) is 6.37. The van der Waals surface area contributed by atoms with Crippen molar-refractivity contribution in [3.8, 4) is 5.75 Å². The molecule has 3 nitrogen and oxygen atoms in total. The Bertz CT molecular complexity index is 906. The van der Waals surface area contributed by atoms with Gasteiger partial charge in [-0.15, -0.1) is 0 Å². The van der Waals surface area contributed by atoms with Crippen LogP contribution in [-0.2, 0) is 6.42 Å². The van der Waals surface area contributed by atoms with E-state index in [0.717, 1.165) is 53.8 Å². The Morgan fingerprint density at radius 2 is 2.10 bits per heavy atom. The van der Waals surface area contributed by atoms with Crippen molar-refractivity contribution < 1.29 is 14.2 Å². The van der Waals surface area contributed by atoms with Gasteiger partial charge in [-0.25, -0.2) is 4.39 Å². The molecule has 1 aliphatic carbocycles. The van der Waals surface area contributed by atoms with Crippen molar-refractivity contribution in [3.63, 3.8) is 0 Å². The molecule has 0 bridgehead atoms. The molecule has 0 saturated heterocycles. The molecule has 29 heavy (non-hydrogen) atoms. The maximum Gasteiger partial charge on any atom is 0.123 e.